The minimum absolute atomic E-state index is 0.0197. The summed E-state index contributed by atoms with van der Waals surface area (Å²) in [5, 5.41) is 15.9. The van der Waals surface area contributed by atoms with Gasteiger partial charge in [0.05, 0.1) is 0 Å². The van der Waals surface area contributed by atoms with E-state index in [0.717, 1.165) is 11.1 Å². The van der Waals surface area contributed by atoms with Crippen molar-refractivity contribution in [1.29, 1.82) is 0 Å². The van der Waals surface area contributed by atoms with E-state index in [-0.39, 0.29) is 18.7 Å². The van der Waals surface area contributed by atoms with Crippen LogP contribution < -0.4 is 10.6 Å². The minimum Gasteiger partial charge on any atom is -0.508 e. The second kappa shape index (κ2) is 13.7. The van der Waals surface area contributed by atoms with Crippen molar-refractivity contribution in [3.05, 3.63) is 108 Å². The Morgan fingerprint density at radius 2 is 1.63 bits per heavy atom. The van der Waals surface area contributed by atoms with Gasteiger partial charge in [0.15, 0.2) is 0 Å². The Morgan fingerprint density at radius 1 is 0.976 bits per heavy atom. The van der Waals surface area contributed by atoms with Crippen LogP contribution in [-0.4, -0.2) is 46.1 Å². The quantitative estimate of drug-likeness (QED) is 0.272. The lowest BCUT2D eigenvalue weighted by Crippen LogP contribution is -2.53. The molecule has 0 aromatic heterocycles. The summed E-state index contributed by atoms with van der Waals surface area (Å²) in [5.41, 5.74) is 2.56. The maximum absolute atomic E-state index is 14.3. The second-order valence-corrected chi connectivity index (χ2v) is 10.9. The van der Waals surface area contributed by atoms with Gasteiger partial charge < -0.3 is 25.4 Å². The zero-order valence-corrected chi connectivity index (χ0v) is 24.3. The molecule has 8 nitrogen and oxygen atoms in total. The molecule has 0 aliphatic carbocycles. The molecule has 3 rings (SSSR count). The van der Waals surface area contributed by atoms with Crippen LogP contribution >= 0.6 is 0 Å². The van der Waals surface area contributed by atoms with E-state index in [1.54, 1.807) is 45.9 Å². The molecule has 3 aromatic carbocycles. The number of aryl methyl sites for hydroxylation is 2. The van der Waals surface area contributed by atoms with Gasteiger partial charge in [0.2, 0.25) is 5.91 Å². The number of benzene rings is 3. The summed E-state index contributed by atoms with van der Waals surface area (Å²) in [4.78, 5) is 42.5. The zero-order valence-electron chi connectivity index (χ0n) is 24.3. The van der Waals surface area contributed by atoms with Crippen LogP contribution in [0.1, 0.15) is 49.1 Å². The number of anilines is 1. The molecular formula is C33H39N3O5. The summed E-state index contributed by atoms with van der Waals surface area (Å²) in [6.45, 7) is 12.7. The summed E-state index contributed by atoms with van der Waals surface area (Å²) >= 11 is 0. The molecular weight excluding hydrogens is 518 g/mol. The number of alkyl carbamates (subject to hydrolysis) is 1. The van der Waals surface area contributed by atoms with E-state index in [1.807, 2.05) is 55.5 Å². The van der Waals surface area contributed by atoms with Crippen LogP contribution in [0.4, 0.5) is 10.5 Å². The van der Waals surface area contributed by atoms with Gasteiger partial charge in [-0.1, -0.05) is 60.7 Å². The Kier molecular flexibility index (Phi) is 10.3. The third-order valence-electron chi connectivity index (χ3n) is 6.38. The van der Waals surface area contributed by atoms with Gasteiger partial charge in [-0.05, 0) is 75.1 Å². The Morgan fingerprint density at radius 3 is 2.24 bits per heavy atom. The van der Waals surface area contributed by atoms with Crippen molar-refractivity contribution >= 4 is 23.6 Å². The van der Waals surface area contributed by atoms with Crippen molar-refractivity contribution in [1.82, 2.24) is 10.2 Å². The van der Waals surface area contributed by atoms with Crippen molar-refractivity contribution in [2.75, 3.05) is 11.9 Å². The largest absolute Gasteiger partial charge is 0.508 e. The molecule has 2 atom stereocenters. The summed E-state index contributed by atoms with van der Waals surface area (Å²) in [5.74, 6) is -0.868. The molecule has 3 N–H and O–H groups in total. The maximum atomic E-state index is 14.3. The van der Waals surface area contributed by atoms with Gasteiger partial charge in [-0.2, -0.15) is 0 Å². The smallest absolute Gasteiger partial charge is 0.408 e. The molecule has 0 saturated heterocycles. The number of ether oxygens (including phenoxy) is 1. The second-order valence-electron chi connectivity index (χ2n) is 10.9. The molecule has 0 fully saturated rings. The third-order valence-corrected chi connectivity index (χ3v) is 6.38. The van der Waals surface area contributed by atoms with E-state index >= 15 is 0 Å². The average molecular weight is 558 g/mol. The minimum atomic E-state index is -1.10. The highest BCUT2D eigenvalue weighted by atomic mass is 16.6. The fourth-order valence-corrected chi connectivity index (χ4v) is 4.40. The van der Waals surface area contributed by atoms with Gasteiger partial charge in [0.25, 0.3) is 5.91 Å². The number of hydrogen-bond donors (Lipinski definition) is 3. The van der Waals surface area contributed by atoms with E-state index in [0.29, 0.717) is 16.8 Å². The monoisotopic (exact) mass is 557 g/mol. The first-order valence-corrected chi connectivity index (χ1v) is 13.5. The van der Waals surface area contributed by atoms with Gasteiger partial charge in [-0.3, -0.25) is 9.59 Å². The highest BCUT2D eigenvalue weighted by Crippen LogP contribution is 2.29. The summed E-state index contributed by atoms with van der Waals surface area (Å²) in [6, 6.07) is 19.3. The number of carbonyl (C=O) groups excluding carboxylic acids is 3. The lowest BCUT2D eigenvalue weighted by Gasteiger charge is -2.34. The number of phenols is 1. The first-order chi connectivity index (χ1) is 19.4. The molecule has 0 aliphatic rings. The average Bonchev–Trinajstić information content (AvgIpc) is 2.90. The molecule has 3 aromatic rings. The number of rotatable bonds is 10. The van der Waals surface area contributed by atoms with Crippen molar-refractivity contribution < 1.29 is 24.2 Å². The summed E-state index contributed by atoms with van der Waals surface area (Å²) in [7, 11) is 0. The highest BCUT2D eigenvalue weighted by molar-refractivity contribution is 5.99. The van der Waals surface area contributed by atoms with Crippen LogP contribution in [0, 0.1) is 13.8 Å². The van der Waals surface area contributed by atoms with E-state index < -0.39 is 35.6 Å². The SMILES string of the molecule is C=CCN(C(=O)C(Cc1ccccc1)NC(=O)OC(C)(C)C)C(C(=O)Nc1ccccc1C)c1ccc(O)c(C)c1. The number of hydrogen-bond acceptors (Lipinski definition) is 5. The number of amides is 3. The number of para-hydroxylation sites is 1. The van der Waals surface area contributed by atoms with Crippen molar-refractivity contribution in [2.24, 2.45) is 0 Å². The molecule has 0 spiro atoms. The molecule has 41 heavy (non-hydrogen) atoms. The van der Waals surface area contributed by atoms with Crippen LogP contribution in [0.25, 0.3) is 0 Å². The molecule has 0 aliphatic heterocycles. The molecule has 3 amide bonds. The highest BCUT2D eigenvalue weighted by Gasteiger charge is 2.36. The number of carbonyl (C=O) groups is 3. The lowest BCUT2D eigenvalue weighted by atomic mass is 9.98. The van der Waals surface area contributed by atoms with E-state index in [4.69, 9.17) is 4.74 Å². The number of aromatic hydroxyl groups is 1. The van der Waals surface area contributed by atoms with Crippen LogP contribution in [0.5, 0.6) is 5.75 Å². The fraction of sp³-hybridized carbons (Fsp3) is 0.303. The van der Waals surface area contributed by atoms with Crippen LogP contribution in [0.2, 0.25) is 0 Å². The zero-order chi connectivity index (χ0) is 30.2. The van der Waals surface area contributed by atoms with Gasteiger partial charge in [0, 0.05) is 18.7 Å². The van der Waals surface area contributed by atoms with Gasteiger partial charge in [-0.25, -0.2) is 4.79 Å². The number of nitrogens with one attached hydrogen (secondary N) is 2. The Bertz CT molecular complexity index is 1380. The molecule has 0 saturated carbocycles. The van der Waals surface area contributed by atoms with Crippen LogP contribution in [0.3, 0.4) is 0 Å². The molecule has 8 heteroatoms. The van der Waals surface area contributed by atoms with Crippen molar-refractivity contribution in [3.63, 3.8) is 0 Å². The number of phenolic OH excluding ortho intramolecular Hbond substituents is 1. The topological polar surface area (TPSA) is 108 Å². The summed E-state index contributed by atoms with van der Waals surface area (Å²) < 4.78 is 5.46. The van der Waals surface area contributed by atoms with E-state index in [9.17, 15) is 19.5 Å². The van der Waals surface area contributed by atoms with Gasteiger partial charge in [0.1, 0.15) is 23.4 Å². The predicted molar refractivity (Wildman–Crippen MR) is 161 cm³/mol. The Hall–Kier alpha value is -4.59. The molecule has 0 heterocycles. The number of nitrogens with zero attached hydrogens (tertiary/aromatic N) is 1. The van der Waals surface area contributed by atoms with Gasteiger partial charge >= 0.3 is 6.09 Å². The van der Waals surface area contributed by atoms with Crippen LogP contribution in [-0.2, 0) is 20.7 Å². The van der Waals surface area contributed by atoms with Crippen molar-refractivity contribution in [2.45, 2.75) is 58.7 Å². The first kappa shape index (κ1) is 30.9. The van der Waals surface area contributed by atoms with E-state index in [1.165, 1.54) is 17.0 Å². The van der Waals surface area contributed by atoms with Crippen molar-refractivity contribution in [3.8, 4) is 5.75 Å². The first-order valence-electron chi connectivity index (χ1n) is 13.5. The standard InChI is InChI=1S/C33H39N3O5/c1-7-19-36(31(39)27(21-24-14-9-8-10-15-24)35-32(40)41-33(4,5)6)29(25-17-18-28(37)23(3)20-25)30(38)34-26-16-12-11-13-22(26)2/h7-18,20,27,29,37H,1,19,21H2,2-6H3,(H,34,38)(H,35,40). The van der Waals surface area contributed by atoms with Crippen LogP contribution in [0.15, 0.2) is 85.5 Å². The fourth-order valence-electron chi connectivity index (χ4n) is 4.40. The third kappa shape index (κ3) is 8.70. The molecule has 0 radical (unpaired) electrons. The van der Waals surface area contributed by atoms with Gasteiger partial charge in [-0.15, -0.1) is 6.58 Å². The Labute approximate surface area is 242 Å². The van der Waals surface area contributed by atoms with E-state index in [2.05, 4.69) is 17.2 Å². The normalized spacial score (nSPS) is 12.5. The molecule has 0 bridgehead atoms. The lowest BCUT2D eigenvalue weighted by molar-refractivity contribution is -0.140. The predicted octanol–water partition coefficient (Wildman–Crippen LogP) is 5.84. The molecule has 216 valence electrons. The maximum Gasteiger partial charge on any atom is 0.408 e. The Balaban J connectivity index is 2.07. The summed E-state index contributed by atoms with van der Waals surface area (Å²) in [6.07, 6.45) is 0.964. The molecule has 2 unspecified atom stereocenters.